The first kappa shape index (κ1) is 21.3. The van der Waals surface area contributed by atoms with Gasteiger partial charge in [0.2, 0.25) is 6.41 Å². The molecule has 0 fully saturated rings. The van der Waals surface area contributed by atoms with Crippen LogP contribution < -0.4 is 10.2 Å². The van der Waals surface area contributed by atoms with Gasteiger partial charge in [-0.15, -0.1) is 0 Å². The normalized spacial score (nSPS) is 10.5. The molecular weight excluding hydrogens is 407 g/mol. The number of carboxylic acids is 1. The highest BCUT2D eigenvalue weighted by molar-refractivity contribution is 6.31. The molecule has 0 radical (unpaired) electrons. The number of nitrogens with zero attached hydrogens (tertiary/aromatic N) is 1. The molecule has 3 aromatic rings. The number of carboxylic acid groups (broad SMARTS) is 1. The fraction of sp³-hybridized carbons (Fsp3) is 0.130. The number of aromatic carboxylic acids is 1. The maximum absolute atomic E-state index is 14.6. The van der Waals surface area contributed by atoms with Crippen LogP contribution in [0.25, 0.3) is 0 Å². The number of carbonyl (C=O) groups excluding carboxylic acids is 1. The van der Waals surface area contributed by atoms with Crippen LogP contribution in [0.3, 0.4) is 0 Å². The Morgan fingerprint density at radius 1 is 1.10 bits per heavy atom. The second kappa shape index (κ2) is 8.97. The van der Waals surface area contributed by atoms with Gasteiger partial charge in [-0.25, -0.2) is 9.18 Å². The van der Waals surface area contributed by atoms with E-state index in [4.69, 9.17) is 16.7 Å². The molecule has 5 nitrogen and oxygen atoms in total. The van der Waals surface area contributed by atoms with E-state index < -0.39 is 11.8 Å². The van der Waals surface area contributed by atoms with Crippen molar-refractivity contribution < 1.29 is 19.1 Å². The third kappa shape index (κ3) is 4.28. The molecule has 0 saturated heterocycles. The molecule has 0 aliphatic heterocycles. The summed E-state index contributed by atoms with van der Waals surface area (Å²) in [7, 11) is 0. The van der Waals surface area contributed by atoms with Gasteiger partial charge in [0.1, 0.15) is 5.82 Å². The van der Waals surface area contributed by atoms with E-state index in [2.05, 4.69) is 5.32 Å². The molecule has 0 aliphatic rings. The molecule has 2 N–H and O–H groups in total. The first-order valence-corrected chi connectivity index (χ1v) is 9.56. The molecule has 0 aliphatic carbocycles. The minimum absolute atomic E-state index is 0.0439. The van der Waals surface area contributed by atoms with Gasteiger partial charge in [0.15, 0.2) is 0 Å². The molecule has 3 aromatic carbocycles. The quantitative estimate of drug-likeness (QED) is 0.475. The van der Waals surface area contributed by atoms with Gasteiger partial charge in [-0.05, 0) is 60.9 Å². The lowest BCUT2D eigenvalue weighted by atomic mass is 10.1. The maximum Gasteiger partial charge on any atom is 0.335 e. The van der Waals surface area contributed by atoms with Crippen molar-refractivity contribution in [3.63, 3.8) is 0 Å². The van der Waals surface area contributed by atoms with Gasteiger partial charge in [-0.3, -0.25) is 9.69 Å². The van der Waals surface area contributed by atoms with Crippen LogP contribution in [0.4, 0.5) is 21.5 Å². The molecule has 0 spiro atoms. The van der Waals surface area contributed by atoms with E-state index in [1.807, 2.05) is 32.0 Å². The van der Waals surface area contributed by atoms with Crippen LogP contribution in [-0.2, 0) is 11.3 Å². The average Bonchev–Trinajstić information content (AvgIpc) is 2.70. The number of carbonyl (C=O) groups is 2. The van der Waals surface area contributed by atoms with Crippen LogP contribution in [-0.4, -0.2) is 17.5 Å². The van der Waals surface area contributed by atoms with Crippen LogP contribution in [0.1, 0.15) is 27.0 Å². The fourth-order valence-corrected chi connectivity index (χ4v) is 3.52. The Morgan fingerprint density at radius 2 is 1.80 bits per heavy atom. The molecule has 0 saturated carbocycles. The Bertz CT molecular complexity index is 1100. The highest BCUT2D eigenvalue weighted by Gasteiger charge is 2.19. The second-order valence-corrected chi connectivity index (χ2v) is 7.21. The lowest BCUT2D eigenvalue weighted by Crippen LogP contribution is -2.18. The number of rotatable bonds is 7. The van der Waals surface area contributed by atoms with Crippen molar-refractivity contribution in [2.45, 2.75) is 20.4 Å². The van der Waals surface area contributed by atoms with E-state index in [1.165, 1.54) is 12.1 Å². The second-order valence-electron chi connectivity index (χ2n) is 6.80. The van der Waals surface area contributed by atoms with E-state index in [-0.39, 0.29) is 11.3 Å². The zero-order valence-electron chi connectivity index (χ0n) is 16.4. The van der Waals surface area contributed by atoms with Crippen LogP contribution >= 0.6 is 11.6 Å². The molecule has 0 heterocycles. The van der Waals surface area contributed by atoms with Gasteiger partial charge in [0.25, 0.3) is 0 Å². The molecule has 7 heteroatoms. The highest BCUT2D eigenvalue weighted by Crippen LogP contribution is 2.35. The minimum Gasteiger partial charge on any atom is -0.478 e. The van der Waals surface area contributed by atoms with Crippen molar-refractivity contribution in [2.75, 3.05) is 10.2 Å². The number of halogens is 2. The summed E-state index contributed by atoms with van der Waals surface area (Å²) in [5, 5.41) is 13.0. The van der Waals surface area contributed by atoms with Crippen molar-refractivity contribution in [3.05, 3.63) is 87.7 Å². The van der Waals surface area contributed by atoms with Crippen LogP contribution in [0, 0.1) is 19.7 Å². The number of hydrogen-bond acceptors (Lipinski definition) is 3. The summed E-state index contributed by atoms with van der Waals surface area (Å²) >= 11 is 6.32. The Kier molecular flexibility index (Phi) is 6.37. The summed E-state index contributed by atoms with van der Waals surface area (Å²) in [5.41, 5.74) is 3.64. The first-order chi connectivity index (χ1) is 14.3. The van der Waals surface area contributed by atoms with Crippen molar-refractivity contribution in [3.8, 4) is 0 Å². The summed E-state index contributed by atoms with van der Waals surface area (Å²) in [4.78, 5) is 24.1. The predicted octanol–water partition coefficient (Wildman–Crippen LogP) is 5.70. The number of nitrogens with one attached hydrogen (secondary N) is 1. The van der Waals surface area contributed by atoms with Gasteiger partial charge in [0.05, 0.1) is 22.6 Å². The van der Waals surface area contributed by atoms with E-state index in [1.54, 1.807) is 18.2 Å². The maximum atomic E-state index is 14.6. The Hall–Kier alpha value is -3.38. The molecule has 0 bridgehead atoms. The van der Waals surface area contributed by atoms with E-state index >= 15 is 0 Å². The van der Waals surface area contributed by atoms with E-state index in [0.29, 0.717) is 29.4 Å². The average molecular weight is 427 g/mol. The van der Waals surface area contributed by atoms with Crippen LogP contribution in [0.15, 0.2) is 54.6 Å². The molecule has 30 heavy (non-hydrogen) atoms. The molecular formula is C23H20ClFN2O3. The number of amides is 1. The van der Waals surface area contributed by atoms with E-state index in [0.717, 1.165) is 27.7 Å². The SMILES string of the molecule is Cc1cccc(Cl)c1CNc1c(C)cccc1N(C=O)c1ccc(C(=O)O)cc1F. The third-order valence-corrected chi connectivity index (χ3v) is 5.22. The Labute approximate surface area is 178 Å². The highest BCUT2D eigenvalue weighted by atomic mass is 35.5. The predicted molar refractivity (Wildman–Crippen MR) is 116 cm³/mol. The standard InChI is InChI=1S/C23H20ClFN2O3/c1-14-5-3-7-18(24)17(14)12-26-22-15(2)6-4-8-21(22)27(13-28)20-10-9-16(23(29)30)11-19(20)25/h3-11,13,26H,12H2,1-2H3,(H,29,30). The number of aryl methyl sites for hydroxylation is 2. The minimum atomic E-state index is -1.24. The van der Waals surface area contributed by atoms with Gasteiger partial charge in [0, 0.05) is 11.6 Å². The number of anilines is 3. The molecule has 3 rings (SSSR count). The number of benzene rings is 3. The summed E-state index contributed by atoms with van der Waals surface area (Å²) in [5.74, 6) is -2.05. The zero-order chi connectivity index (χ0) is 21.8. The van der Waals surface area contributed by atoms with Crippen molar-refractivity contribution in [1.29, 1.82) is 0 Å². The largest absolute Gasteiger partial charge is 0.478 e. The molecule has 0 atom stereocenters. The monoisotopic (exact) mass is 426 g/mol. The smallest absolute Gasteiger partial charge is 0.335 e. The van der Waals surface area contributed by atoms with Crippen LogP contribution in [0.5, 0.6) is 0 Å². The number of para-hydroxylation sites is 1. The summed E-state index contributed by atoms with van der Waals surface area (Å²) in [6.45, 7) is 4.24. The van der Waals surface area contributed by atoms with Crippen LogP contribution in [0.2, 0.25) is 5.02 Å². The van der Waals surface area contributed by atoms with Crippen molar-refractivity contribution in [2.24, 2.45) is 0 Å². The lowest BCUT2D eigenvalue weighted by molar-refractivity contribution is -0.106. The van der Waals surface area contributed by atoms with Gasteiger partial charge >= 0.3 is 5.97 Å². The third-order valence-electron chi connectivity index (χ3n) is 4.86. The Morgan fingerprint density at radius 3 is 2.43 bits per heavy atom. The first-order valence-electron chi connectivity index (χ1n) is 9.18. The summed E-state index contributed by atoms with van der Waals surface area (Å²) in [6.07, 6.45) is 0.500. The number of hydrogen-bond donors (Lipinski definition) is 2. The Balaban J connectivity index is 2.00. The fourth-order valence-electron chi connectivity index (χ4n) is 3.23. The molecule has 154 valence electrons. The van der Waals surface area contributed by atoms with Crippen molar-refractivity contribution >= 4 is 41.0 Å². The van der Waals surface area contributed by atoms with Gasteiger partial charge in [-0.1, -0.05) is 35.9 Å². The zero-order valence-corrected chi connectivity index (χ0v) is 17.2. The summed E-state index contributed by atoms with van der Waals surface area (Å²) < 4.78 is 14.6. The van der Waals surface area contributed by atoms with E-state index in [9.17, 15) is 14.0 Å². The lowest BCUT2D eigenvalue weighted by Gasteiger charge is -2.24. The van der Waals surface area contributed by atoms with Crippen molar-refractivity contribution in [1.82, 2.24) is 0 Å². The molecule has 0 unspecified atom stereocenters. The molecule has 1 amide bonds. The topological polar surface area (TPSA) is 69.6 Å². The van der Waals surface area contributed by atoms with Gasteiger partial charge in [-0.2, -0.15) is 0 Å². The van der Waals surface area contributed by atoms with Gasteiger partial charge < -0.3 is 10.4 Å². The summed E-state index contributed by atoms with van der Waals surface area (Å²) in [6, 6.07) is 14.4. The molecule has 0 aromatic heterocycles.